The number of pyridine rings is 1. The molecule has 1 aromatic heterocycles. The Morgan fingerprint density at radius 2 is 2.04 bits per heavy atom. The molecule has 1 N–H and O–H groups in total. The largest absolute Gasteiger partial charge is 0.465 e. The Balaban J connectivity index is 1.77. The van der Waals surface area contributed by atoms with Crippen molar-refractivity contribution >= 4 is 23.3 Å². The highest BCUT2D eigenvalue weighted by Gasteiger charge is 2.27. The number of benzene rings is 1. The van der Waals surface area contributed by atoms with Gasteiger partial charge in [0.2, 0.25) is 0 Å². The Labute approximate surface area is 159 Å². The van der Waals surface area contributed by atoms with Gasteiger partial charge in [-0.05, 0) is 56.0 Å². The minimum Gasteiger partial charge on any atom is -0.465 e. The Bertz CT molecular complexity index is 822. The summed E-state index contributed by atoms with van der Waals surface area (Å²) in [4.78, 5) is 30.8. The summed E-state index contributed by atoms with van der Waals surface area (Å²) < 4.78 is 4.75. The molecule has 1 atom stereocenters. The van der Waals surface area contributed by atoms with Crippen LogP contribution in [0.25, 0.3) is 0 Å². The Hall–Kier alpha value is -2.89. The highest BCUT2D eigenvalue weighted by Crippen LogP contribution is 2.23. The van der Waals surface area contributed by atoms with Crippen molar-refractivity contribution in [2.75, 3.05) is 19.0 Å². The number of aromatic nitrogens is 1. The highest BCUT2D eigenvalue weighted by atomic mass is 16.5. The lowest BCUT2D eigenvalue weighted by atomic mass is 9.99. The Morgan fingerprint density at radius 3 is 2.81 bits per heavy atom. The number of nitrogens with zero attached hydrogens (tertiary/aromatic N) is 2. The Kier molecular flexibility index (Phi) is 6.06. The molecule has 6 heteroatoms. The average Bonchev–Trinajstić information content (AvgIpc) is 2.73. The van der Waals surface area contributed by atoms with Gasteiger partial charge in [-0.15, -0.1) is 0 Å². The zero-order valence-electron chi connectivity index (χ0n) is 15.8. The topological polar surface area (TPSA) is 71.5 Å². The van der Waals surface area contributed by atoms with E-state index >= 15 is 0 Å². The number of carbonyl (C=O) groups excluding carboxylic acids is 2. The number of hydrogen-bond donors (Lipinski definition) is 1. The molecule has 0 radical (unpaired) electrons. The molecule has 1 unspecified atom stereocenters. The van der Waals surface area contributed by atoms with E-state index in [9.17, 15) is 9.59 Å². The van der Waals surface area contributed by atoms with E-state index < -0.39 is 0 Å². The van der Waals surface area contributed by atoms with Gasteiger partial charge in [0.05, 0.1) is 12.7 Å². The third-order valence-electron chi connectivity index (χ3n) is 4.91. The number of anilines is 2. The van der Waals surface area contributed by atoms with E-state index in [4.69, 9.17) is 4.74 Å². The summed E-state index contributed by atoms with van der Waals surface area (Å²) in [5.41, 5.74) is 2.39. The molecule has 2 aromatic rings. The fourth-order valence-electron chi connectivity index (χ4n) is 3.47. The molecular formula is C21H25N3O3. The monoisotopic (exact) mass is 367 g/mol. The molecule has 0 saturated carbocycles. The van der Waals surface area contributed by atoms with Gasteiger partial charge in [0.1, 0.15) is 5.69 Å². The number of amides is 1. The first-order valence-corrected chi connectivity index (χ1v) is 9.34. The lowest BCUT2D eigenvalue weighted by Gasteiger charge is -2.35. The van der Waals surface area contributed by atoms with Crippen LogP contribution >= 0.6 is 0 Å². The molecule has 6 nitrogen and oxygen atoms in total. The van der Waals surface area contributed by atoms with Gasteiger partial charge in [0.25, 0.3) is 5.91 Å². The first-order valence-electron chi connectivity index (χ1n) is 9.34. The van der Waals surface area contributed by atoms with E-state index in [0.717, 1.165) is 37.2 Å². The number of hydrogen-bond acceptors (Lipinski definition) is 5. The van der Waals surface area contributed by atoms with Crippen molar-refractivity contribution in [1.29, 1.82) is 0 Å². The molecule has 1 amide bonds. The first kappa shape index (κ1) is 18.9. The van der Waals surface area contributed by atoms with Crippen molar-refractivity contribution in [1.82, 2.24) is 9.88 Å². The third kappa shape index (κ3) is 4.45. The SMILES string of the molecule is CCC1CCCCN1C(=O)c1cc(Nc2cccc(C(=O)OC)c2)ccn1. The normalized spacial score (nSPS) is 16.7. The van der Waals surface area contributed by atoms with Crippen LogP contribution in [0.4, 0.5) is 11.4 Å². The maximum Gasteiger partial charge on any atom is 0.337 e. The van der Waals surface area contributed by atoms with E-state index in [1.165, 1.54) is 13.5 Å². The summed E-state index contributed by atoms with van der Waals surface area (Å²) in [6.45, 7) is 2.91. The van der Waals surface area contributed by atoms with Crippen molar-refractivity contribution in [3.63, 3.8) is 0 Å². The number of methoxy groups -OCH3 is 1. The second-order valence-electron chi connectivity index (χ2n) is 6.68. The molecule has 1 saturated heterocycles. The molecule has 2 heterocycles. The predicted octanol–water partition coefficient (Wildman–Crippen LogP) is 4.02. The van der Waals surface area contributed by atoms with E-state index in [0.29, 0.717) is 17.3 Å². The second-order valence-corrected chi connectivity index (χ2v) is 6.68. The van der Waals surface area contributed by atoms with Crippen molar-refractivity contribution in [2.24, 2.45) is 0 Å². The molecular weight excluding hydrogens is 342 g/mol. The first-order chi connectivity index (χ1) is 13.1. The summed E-state index contributed by atoms with van der Waals surface area (Å²) in [6.07, 6.45) is 5.86. The molecule has 1 fully saturated rings. The van der Waals surface area contributed by atoms with Crippen LogP contribution < -0.4 is 5.32 Å². The van der Waals surface area contributed by atoms with Crippen LogP contribution in [0, 0.1) is 0 Å². The van der Waals surface area contributed by atoms with E-state index in [1.54, 1.807) is 36.5 Å². The number of likely N-dealkylation sites (tertiary alicyclic amines) is 1. The molecule has 0 spiro atoms. The lowest BCUT2D eigenvalue weighted by Crippen LogP contribution is -2.43. The molecule has 0 aliphatic carbocycles. The molecule has 3 rings (SSSR count). The van der Waals surface area contributed by atoms with Crippen LogP contribution in [-0.4, -0.2) is 41.5 Å². The van der Waals surface area contributed by atoms with Crippen LogP contribution in [0.15, 0.2) is 42.6 Å². The van der Waals surface area contributed by atoms with Crippen LogP contribution in [-0.2, 0) is 4.74 Å². The lowest BCUT2D eigenvalue weighted by molar-refractivity contribution is 0.0593. The molecule has 0 bridgehead atoms. The van der Waals surface area contributed by atoms with Crippen LogP contribution in [0.3, 0.4) is 0 Å². The summed E-state index contributed by atoms with van der Waals surface area (Å²) in [6, 6.07) is 10.9. The highest BCUT2D eigenvalue weighted by molar-refractivity contribution is 5.94. The van der Waals surface area contributed by atoms with Gasteiger partial charge in [-0.3, -0.25) is 9.78 Å². The number of rotatable bonds is 5. The van der Waals surface area contributed by atoms with E-state index in [2.05, 4.69) is 17.2 Å². The average molecular weight is 367 g/mol. The van der Waals surface area contributed by atoms with Crippen molar-refractivity contribution in [3.8, 4) is 0 Å². The van der Waals surface area contributed by atoms with Gasteiger partial charge in [0, 0.05) is 30.2 Å². The molecule has 1 aliphatic heterocycles. The van der Waals surface area contributed by atoms with Gasteiger partial charge in [-0.1, -0.05) is 13.0 Å². The number of piperidine rings is 1. The molecule has 27 heavy (non-hydrogen) atoms. The smallest absolute Gasteiger partial charge is 0.337 e. The fourth-order valence-corrected chi connectivity index (χ4v) is 3.47. The summed E-state index contributed by atoms with van der Waals surface area (Å²) >= 11 is 0. The van der Waals surface area contributed by atoms with Gasteiger partial charge in [0.15, 0.2) is 0 Å². The van der Waals surface area contributed by atoms with Crippen LogP contribution in [0.1, 0.15) is 53.5 Å². The zero-order valence-corrected chi connectivity index (χ0v) is 15.8. The minimum absolute atomic E-state index is 0.0199. The number of carbonyl (C=O) groups is 2. The Morgan fingerprint density at radius 1 is 1.22 bits per heavy atom. The maximum absolute atomic E-state index is 12.9. The van der Waals surface area contributed by atoms with E-state index in [-0.39, 0.29) is 11.9 Å². The van der Waals surface area contributed by atoms with Gasteiger partial charge in [-0.25, -0.2) is 4.79 Å². The second kappa shape index (κ2) is 8.66. The number of nitrogens with one attached hydrogen (secondary N) is 1. The summed E-state index contributed by atoms with van der Waals surface area (Å²) in [7, 11) is 1.35. The fraction of sp³-hybridized carbons (Fsp3) is 0.381. The summed E-state index contributed by atoms with van der Waals surface area (Å²) in [5, 5.41) is 3.23. The number of ether oxygens (including phenoxy) is 1. The number of esters is 1. The predicted molar refractivity (Wildman–Crippen MR) is 104 cm³/mol. The van der Waals surface area contributed by atoms with Gasteiger partial charge < -0.3 is 15.0 Å². The molecule has 1 aromatic carbocycles. The quantitative estimate of drug-likeness (QED) is 0.808. The van der Waals surface area contributed by atoms with E-state index in [1.807, 2.05) is 11.0 Å². The molecule has 142 valence electrons. The van der Waals surface area contributed by atoms with Crippen LogP contribution in [0.5, 0.6) is 0 Å². The standard InChI is InChI=1S/C21H25N3O3/c1-3-18-9-4-5-12-24(18)20(25)19-14-17(10-11-22-19)23-16-8-6-7-15(13-16)21(26)27-2/h6-8,10-11,13-14,18H,3-5,9,12H2,1-2H3,(H,22,23). The van der Waals surface area contributed by atoms with Gasteiger partial charge in [-0.2, -0.15) is 0 Å². The van der Waals surface area contributed by atoms with Gasteiger partial charge >= 0.3 is 5.97 Å². The van der Waals surface area contributed by atoms with Crippen LogP contribution in [0.2, 0.25) is 0 Å². The third-order valence-corrected chi connectivity index (χ3v) is 4.91. The molecule has 1 aliphatic rings. The zero-order chi connectivity index (χ0) is 19.2. The van der Waals surface area contributed by atoms with Crippen molar-refractivity contribution in [2.45, 2.75) is 38.6 Å². The summed E-state index contributed by atoms with van der Waals surface area (Å²) in [5.74, 6) is -0.409. The van der Waals surface area contributed by atoms with Crippen molar-refractivity contribution in [3.05, 3.63) is 53.9 Å². The van der Waals surface area contributed by atoms with Crippen molar-refractivity contribution < 1.29 is 14.3 Å². The maximum atomic E-state index is 12.9. The minimum atomic E-state index is -0.389.